The Hall–Kier alpha value is -3.01. The molecule has 2 aliphatic rings. The highest BCUT2D eigenvalue weighted by molar-refractivity contribution is 7.99. The van der Waals surface area contributed by atoms with Crippen molar-refractivity contribution >= 4 is 29.3 Å². The van der Waals surface area contributed by atoms with Crippen LogP contribution in [0.5, 0.6) is 0 Å². The topological polar surface area (TPSA) is 17.1 Å². The van der Waals surface area contributed by atoms with Gasteiger partial charge in [0.25, 0.3) is 0 Å². The molecule has 4 aromatic carbocycles. The van der Waals surface area contributed by atoms with Crippen molar-refractivity contribution in [3.8, 4) is 0 Å². The summed E-state index contributed by atoms with van der Waals surface area (Å²) in [5.41, 5.74) is 9.78. The van der Waals surface area contributed by atoms with Gasteiger partial charge < -0.3 is 0 Å². The summed E-state index contributed by atoms with van der Waals surface area (Å²) in [6, 6.07) is 30.5. The molecule has 0 spiro atoms. The molecule has 0 saturated carbocycles. The minimum atomic E-state index is -0.416. The third kappa shape index (κ3) is 5.92. The molecule has 2 aliphatic heterocycles. The van der Waals surface area contributed by atoms with Gasteiger partial charge in [0, 0.05) is 32.3 Å². The third-order valence-corrected chi connectivity index (χ3v) is 11.8. The van der Waals surface area contributed by atoms with E-state index in [2.05, 4.69) is 127 Å². The van der Waals surface area contributed by atoms with E-state index < -0.39 is 5.41 Å². The van der Waals surface area contributed by atoms with Crippen molar-refractivity contribution in [2.45, 2.75) is 74.5 Å². The summed E-state index contributed by atoms with van der Waals surface area (Å²) >= 11 is 3.80. The number of thioether (sulfide) groups is 2. The minimum absolute atomic E-state index is 0.162. The molecule has 6 rings (SSSR count). The number of rotatable bonds is 4. The second-order valence-electron chi connectivity index (χ2n) is 12.5. The molecular formula is C39H42OS2. The van der Waals surface area contributed by atoms with Crippen LogP contribution in [0.25, 0.3) is 0 Å². The number of benzene rings is 4. The number of allylic oxidation sites excluding steroid dienone is 1. The number of Topliss-reactive ketones (excluding diaryl/α,β-unsaturated/α-hetero) is 1. The normalized spacial score (nSPS) is 22.8. The highest BCUT2D eigenvalue weighted by atomic mass is 32.2. The molecule has 2 heterocycles. The van der Waals surface area contributed by atoms with Gasteiger partial charge in [-0.1, -0.05) is 96.4 Å². The Morgan fingerprint density at radius 1 is 0.714 bits per heavy atom. The van der Waals surface area contributed by atoms with E-state index in [-0.39, 0.29) is 11.2 Å². The van der Waals surface area contributed by atoms with Crippen molar-refractivity contribution in [1.82, 2.24) is 0 Å². The molecule has 3 heteroatoms. The maximum absolute atomic E-state index is 12.9. The molecule has 0 N–H and O–H groups in total. The summed E-state index contributed by atoms with van der Waals surface area (Å²) in [6.45, 7) is 17.0. The minimum Gasteiger partial charge on any atom is -0.293 e. The average molecular weight is 591 g/mol. The number of carbonyl (C=O) groups is 1. The summed E-state index contributed by atoms with van der Waals surface area (Å²) < 4.78 is 0. The first kappa shape index (κ1) is 30.4. The summed E-state index contributed by atoms with van der Waals surface area (Å²) in [5, 5.41) is 0. The molecule has 0 amide bonds. The van der Waals surface area contributed by atoms with Gasteiger partial charge in [-0.15, -0.1) is 30.1 Å². The van der Waals surface area contributed by atoms with Crippen molar-refractivity contribution < 1.29 is 4.79 Å². The molecule has 0 fully saturated rings. The van der Waals surface area contributed by atoms with E-state index in [9.17, 15) is 4.79 Å². The molecule has 4 aromatic rings. The third-order valence-electron chi connectivity index (χ3n) is 9.04. The molecule has 0 saturated heterocycles. The van der Waals surface area contributed by atoms with E-state index in [1.165, 1.54) is 38.3 Å². The quantitative estimate of drug-likeness (QED) is 0.220. The first-order valence-electron chi connectivity index (χ1n) is 14.8. The average Bonchev–Trinajstić information content (AvgIpc) is 2.98. The number of carbonyl (C=O) groups excluding carboxylic acids is 1. The predicted molar refractivity (Wildman–Crippen MR) is 183 cm³/mol. The molecular weight excluding hydrogens is 549 g/mol. The first-order valence-corrected chi connectivity index (χ1v) is 16.8. The Balaban J connectivity index is 0.000000169. The van der Waals surface area contributed by atoms with E-state index in [0.29, 0.717) is 5.92 Å². The van der Waals surface area contributed by atoms with Crippen molar-refractivity contribution in [3.05, 3.63) is 142 Å². The Bertz CT molecular complexity index is 1600. The number of hydrogen-bond donors (Lipinski definition) is 0. The lowest BCUT2D eigenvalue weighted by molar-refractivity contribution is 0.0906. The van der Waals surface area contributed by atoms with Gasteiger partial charge in [0.2, 0.25) is 0 Å². The summed E-state index contributed by atoms with van der Waals surface area (Å²) in [6.07, 6.45) is 3.11. The van der Waals surface area contributed by atoms with Crippen LogP contribution in [-0.4, -0.2) is 17.3 Å². The number of fused-ring (bicyclic) bond motifs is 2. The highest BCUT2D eigenvalue weighted by Gasteiger charge is 2.41. The van der Waals surface area contributed by atoms with E-state index in [1.807, 2.05) is 23.9 Å². The molecule has 2 unspecified atom stereocenters. The second kappa shape index (κ2) is 12.3. The molecule has 0 bridgehead atoms. The summed E-state index contributed by atoms with van der Waals surface area (Å²) in [7, 11) is 0. The van der Waals surface area contributed by atoms with E-state index in [1.54, 1.807) is 11.8 Å². The van der Waals surface area contributed by atoms with Crippen molar-refractivity contribution in [1.29, 1.82) is 0 Å². The van der Waals surface area contributed by atoms with Gasteiger partial charge in [0.1, 0.15) is 0 Å². The van der Waals surface area contributed by atoms with Gasteiger partial charge in [0.15, 0.2) is 5.78 Å². The van der Waals surface area contributed by atoms with Crippen LogP contribution in [0.3, 0.4) is 0 Å². The molecule has 1 nitrogen and oxygen atoms in total. The molecule has 3 atom stereocenters. The van der Waals surface area contributed by atoms with Crippen LogP contribution in [0.4, 0.5) is 0 Å². The van der Waals surface area contributed by atoms with E-state index >= 15 is 0 Å². The number of ketones is 1. The van der Waals surface area contributed by atoms with Gasteiger partial charge in [-0.25, -0.2) is 0 Å². The second-order valence-corrected chi connectivity index (χ2v) is 14.5. The van der Waals surface area contributed by atoms with Crippen molar-refractivity contribution in [2.24, 2.45) is 0 Å². The Morgan fingerprint density at radius 2 is 1.24 bits per heavy atom. The van der Waals surface area contributed by atoms with Crippen LogP contribution in [0, 0.1) is 27.7 Å². The van der Waals surface area contributed by atoms with Gasteiger partial charge in [0.05, 0.1) is 5.41 Å². The van der Waals surface area contributed by atoms with Crippen LogP contribution >= 0.6 is 23.5 Å². The smallest absolute Gasteiger partial charge is 0.175 e. The Morgan fingerprint density at radius 3 is 1.86 bits per heavy atom. The van der Waals surface area contributed by atoms with Gasteiger partial charge >= 0.3 is 0 Å². The zero-order valence-corrected chi connectivity index (χ0v) is 27.4. The molecule has 42 heavy (non-hydrogen) atoms. The van der Waals surface area contributed by atoms with Gasteiger partial charge in [-0.2, -0.15) is 0 Å². The van der Waals surface area contributed by atoms with E-state index in [0.717, 1.165) is 33.9 Å². The van der Waals surface area contributed by atoms with Crippen LogP contribution in [-0.2, 0) is 10.8 Å². The monoisotopic (exact) mass is 590 g/mol. The Labute approximate surface area is 261 Å². The van der Waals surface area contributed by atoms with Crippen LogP contribution < -0.4 is 0 Å². The van der Waals surface area contributed by atoms with Crippen molar-refractivity contribution in [3.63, 3.8) is 0 Å². The van der Waals surface area contributed by atoms with Crippen LogP contribution in [0.1, 0.15) is 75.5 Å². The zero-order valence-electron chi connectivity index (χ0n) is 25.8. The molecule has 0 aromatic heterocycles. The lowest BCUT2D eigenvalue weighted by Crippen LogP contribution is -2.38. The summed E-state index contributed by atoms with van der Waals surface area (Å²) in [4.78, 5) is 15.5. The highest BCUT2D eigenvalue weighted by Crippen LogP contribution is 2.51. The van der Waals surface area contributed by atoms with Gasteiger partial charge in [-0.05, 0) is 87.4 Å². The maximum Gasteiger partial charge on any atom is 0.175 e. The number of aryl methyl sites for hydroxylation is 4. The fraction of sp³-hybridized carbons (Fsp3) is 0.308. The van der Waals surface area contributed by atoms with Crippen LogP contribution in [0.2, 0.25) is 0 Å². The predicted octanol–water partition coefficient (Wildman–Crippen LogP) is 10.6. The summed E-state index contributed by atoms with van der Waals surface area (Å²) in [5.74, 6) is 2.69. The standard InChI is InChI=1S/C21H24S.C18H18OS/c1-5-6-19-18-12-9-16(3)13-20(18)22-14-21(19,4)17-10-7-15(2)8-11-17;1-12-4-7-14(8-5-12)18(3)11-20-16-10-13(2)6-9-15(16)17(18)19/h5,7-13,19H,1,6,14H2,2-4H3;4-10H,11H2,1-3H3/t19?,21-;/m1./s1. The fourth-order valence-electron chi connectivity index (χ4n) is 6.16. The lowest BCUT2D eigenvalue weighted by atomic mass is 9.68. The largest absolute Gasteiger partial charge is 0.293 e. The molecule has 0 radical (unpaired) electrons. The fourth-order valence-corrected chi connectivity index (χ4v) is 8.95. The SMILES string of the molecule is C=CCC1c2ccc(C)cc2SC[C@]1(C)c1ccc(C)cc1.Cc1ccc(C2(C)CSc3cc(C)ccc3C2=O)cc1. The molecule has 0 aliphatic carbocycles. The molecule has 216 valence electrons. The van der Waals surface area contributed by atoms with E-state index in [4.69, 9.17) is 0 Å². The van der Waals surface area contributed by atoms with Crippen LogP contribution in [0.15, 0.2) is 107 Å². The van der Waals surface area contributed by atoms with Crippen molar-refractivity contribution in [2.75, 3.05) is 11.5 Å². The maximum atomic E-state index is 12.9. The Kier molecular flexibility index (Phi) is 8.92. The number of hydrogen-bond acceptors (Lipinski definition) is 3. The van der Waals surface area contributed by atoms with Gasteiger partial charge in [-0.3, -0.25) is 4.79 Å². The zero-order chi connectivity index (χ0) is 30.1. The first-order chi connectivity index (χ1) is 20.0. The lowest BCUT2D eigenvalue weighted by Gasteiger charge is -2.42.